The zero-order chi connectivity index (χ0) is 13.6. The second kappa shape index (κ2) is 12.5. The molecule has 0 saturated carbocycles. The Hall–Kier alpha value is -1.00. The quantitative estimate of drug-likeness (QED) is 0.429. The number of methoxy groups -OCH3 is 1. The van der Waals surface area contributed by atoms with E-state index in [2.05, 4.69) is 30.6 Å². The first-order valence-electron chi connectivity index (χ1n) is 6.51. The van der Waals surface area contributed by atoms with Crippen molar-refractivity contribution in [2.45, 2.75) is 58.2 Å². The Bertz CT molecular complexity index is 303. The second-order valence-electron chi connectivity index (χ2n) is 3.89. The number of aliphatic hydroxyl groups is 1. The molecule has 0 amide bonds. The van der Waals surface area contributed by atoms with Crippen LogP contribution in [0.25, 0.3) is 0 Å². The summed E-state index contributed by atoms with van der Waals surface area (Å²) in [7, 11) is 1.53. The van der Waals surface area contributed by atoms with Crippen LogP contribution in [0.3, 0.4) is 0 Å². The van der Waals surface area contributed by atoms with Gasteiger partial charge in [-0.1, -0.05) is 38.5 Å². The van der Waals surface area contributed by atoms with Crippen molar-refractivity contribution in [3.63, 3.8) is 0 Å². The van der Waals surface area contributed by atoms with Gasteiger partial charge in [0.25, 0.3) is 0 Å². The third kappa shape index (κ3) is 9.07. The SMILES string of the molecule is CCC#C[C@@H](OCOC)[C@@H](O)C#CCCCCC. The molecule has 0 aliphatic rings. The maximum absolute atomic E-state index is 9.86. The Morgan fingerprint density at radius 3 is 2.50 bits per heavy atom. The minimum absolute atomic E-state index is 0.109. The first-order chi connectivity index (χ1) is 8.76. The molecule has 0 radical (unpaired) electrons. The van der Waals surface area contributed by atoms with Gasteiger partial charge in [-0.25, -0.2) is 0 Å². The summed E-state index contributed by atoms with van der Waals surface area (Å²) in [5, 5.41) is 9.86. The van der Waals surface area contributed by atoms with E-state index in [9.17, 15) is 5.11 Å². The minimum Gasteiger partial charge on any atom is -0.377 e. The molecule has 3 heteroatoms. The van der Waals surface area contributed by atoms with E-state index in [-0.39, 0.29) is 6.79 Å². The molecule has 3 nitrogen and oxygen atoms in total. The molecule has 0 fully saturated rings. The average molecular weight is 252 g/mol. The number of unbranched alkanes of at least 4 members (excludes halogenated alkanes) is 3. The monoisotopic (exact) mass is 252 g/mol. The Kier molecular flexibility index (Phi) is 11.8. The van der Waals surface area contributed by atoms with Gasteiger partial charge in [0.2, 0.25) is 0 Å². The summed E-state index contributed by atoms with van der Waals surface area (Å²) in [6.45, 7) is 4.21. The molecule has 0 bridgehead atoms. The molecule has 0 heterocycles. The first-order valence-corrected chi connectivity index (χ1v) is 6.51. The summed E-state index contributed by atoms with van der Waals surface area (Å²) in [5.74, 6) is 11.5. The van der Waals surface area contributed by atoms with Crippen molar-refractivity contribution in [2.75, 3.05) is 13.9 Å². The highest BCUT2D eigenvalue weighted by atomic mass is 16.7. The van der Waals surface area contributed by atoms with Gasteiger partial charge in [0.15, 0.2) is 12.2 Å². The van der Waals surface area contributed by atoms with Crippen molar-refractivity contribution in [1.29, 1.82) is 0 Å². The fourth-order valence-corrected chi connectivity index (χ4v) is 1.27. The topological polar surface area (TPSA) is 38.7 Å². The van der Waals surface area contributed by atoms with Gasteiger partial charge >= 0.3 is 0 Å². The molecule has 1 N–H and O–H groups in total. The predicted molar refractivity (Wildman–Crippen MR) is 72.7 cm³/mol. The highest BCUT2D eigenvalue weighted by Crippen LogP contribution is 2.00. The van der Waals surface area contributed by atoms with Crippen molar-refractivity contribution < 1.29 is 14.6 Å². The minimum atomic E-state index is -0.874. The lowest BCUT2D eigenvalue weighted by Gasteiger charge is -2.13. The molecule has 0 saturated heterocycles. The molecular formula is C15H24O3. The van der Waals surface area contributed by atoms with E-state index in [4.69, 9.17) is 9.47 Å². The molecule has 0 aromatic rings. The summed E-state index contributed by atoms with van der Waals surface area (Å²) < 4.78 is 10.1. The van der Waals surface area contributed by atoms with Crippen LogP contribution >= 0.6 is 0 Å². The first kappa shape index (κ1) is 17.0. The standard InChI is InChI=1S/C15H24O3/c1-4-6-8-9-10-11-14(16)15(12-7-5-2)18-13-17-3/h14-16H,4-6,8-9,13H2,1-3H3/t14-,15+/m0/s1. The lowest BCUT2D eigenvalue weighted by Crippen LogP contribution is -2.27. The van der Waals surface area contributed by atoms with Crippen molar-refractivity contribution in [1.82, 2.24) is 0 Å². The molecule has 0 rings (SSSR count). The summed E-state index contributed by atoms with van der Waals surface area (Å²) in [4.78, 5) is 0. The third-order valence-corrected chi connectivity index (χ3v) is 2.23. The van der Waals surface area contributed by atoms with Crippen molar-refractivity contribution in [3.8, 4) is 23.7 Å². The van der Waals surface area contributed by atoms with E-state index in [0.29, 0.717) is 0 Å². The van der Waals surface area contributed by atoms with Crippen LogP contribution in [-0.2, 0) is 9.47 Å². The Morgan fingerprint density at radius 1 is 1.11 bits per heavy atom. The van der Waals surface area contributed by atoms with Gasteiger partial charge in [0, 0.05) is 20.0 Å². The molecular weight excluding hydrogens is 228 g/mol. The average Bonchev–Trinajstić information content (AvgIpc) is 2.38. The Balaban J connectivity index is 4.22. The zero-order valence-corrected chi connectivity index (χ0v) is 11.7. The zero-order valence-electron chi connectivity index (χ0n) is 11.7. The van der Waals surface area contributed by atoms with Crippen LogP contribution in [0.1, 0.15) is 46.0 Å². The number of rotatable bonds is 7. The van der Waals surface area contributed by atoms with Crippen LogP contribution in [0.2, 0.25) is 0 Å². The summed E-state index contributed by atoms with van der Waals surface area (Å²) >= 11 is 0. The van der Waals surface area contributed by atoms with Gasteiger partial charge in [-0.15, -0.1) is 11.8 Å². The van der Waals surface area contributed by atoms with Gasteiger partial charge < -0.3 is 14.6 Å². The van der Waals surface area contributed by atoms with Crippen molar-refractivity contribution in [3.05, 3.63) is 0 Å². The van der Waals surface area contributed by atoms with Crippen LogP contribution in [0.4, 0.5) is 0 Å². The van der Waals surface area contributed by atoms with E-state index in [1.807, 2.05) is 6.92 Å². The lowest BCUT2D eigenvalue weighted by atomic mass is 10.1. The highest BCUT2D eigenvalue weighted by Gasteiger charge is 2.14. The van der Waals surface area contributed by atoms with Crippen LogP contribution in [0.5, 0.6) is 0 Å². The van der Waals surface area contributed by atoms with Crippen LogP contribution in [0.15, 0.2) is 0 Å². The molecule has 18 heavy (non-hydrogen) atoms. The van der Waals surface area contributed by atoms with E-state index in [1.165, 1.54) is 20.0 Å². The van der Waals surface area contributed by atoms with Gasteiger partial charge in [-0.2, -0.15) is 0 Å². The number of aliphatic hydroxyl groups excluding tert-OH is 1. The smallest absolute Gasteiger partial charge is 0.157 e. The van der Waals surface area contributed by atoms with E-state index in [1.54, 1.807) is 0 Å². The van der Waals surface area contributed by atoms with Crippen LogP contribution in [-0.4, -0.2) is 31.2 Å². The van der Waals surface area contributed by atoms with Crippen LogP contribution in [0, 0.1) is 23.7 Å². The molecule has 0 spiro atoms. The van der Waals surface area contributed by atoms with E-state index >= 15 is 0 Å². The molecule has 0 unspecified atom stereocenters. The molecule has 102 valence electrons. The Morgan fingerprint density at radius 2 is 1.89 bits per heavy atom. The maximum atomic E-state index is 9.86. The van der Waals surface area contributed by atoms with Crippen molar-refractivity contribution in [2.24, 2.45) is 0 Å². The lowest BCUT2D eigenvalue weighted by molar-refractivity contribution is -0.0780. The molecule has 2 atom stereocenters. The summed E-state index contributed by atoms with van der Waals surface area (Å²) in [6, 6.07) is 0. The fraction of sp³-hybridized carbons (Fsp3) is 0.733. The highest BCUT2D eigenvalue weighted by molar-refractivity contribution is 5.16. The molecule has 0 aromatic carbocycles. The van der Waals surface area contributed by atoms with Gasteiger partial charge in [0.05, 0.1) is 0 Å². The largest absolute Gasteiger partial charge is 0.377 e. The van der Waals surface area contributed by atoms with E-state index < -0.39 is 12.2 Å². The predicted octanol–water partition coefficient (Wildman–Crippen LogP) is 2.33. The molecule has 0 aliphatic heterocycles. The van der Waals surface area contributed by atoms with E-state index in [0.717, 1.165) is 19.3 Å². The second-order valence-corrected chi connectivity index (χ2v) is 3.89. The number of hydrogen-bond acceptors (Lipinski definition) is 3. The van der Waals surface area contributed by atoms with Crippen molar-refractivity contribution >= 4 is 0 Å². The number of hydrogen-bond donors (Lipinski definition) is 1. The fourth-order valence-electron chi connectivity index (χ4n) is 1.27. The van der Waals surface area contributed by atoms with Gasteiger partial charge in [-0.05, 0) is 6.42 Å². The summed E-state index contributed by atoms with van der Waals surface area (Å²) in [6.07, 6.45) is 3.48. The van der Waals surface area contributed by atoms with Crippen LogP contribution < -0.4 is 0 Å². The van der Waals surface area contributed by atoms with Gasteiger partial charge in [-0.3, -0.25) is 0 Å². The summed E-state index contributed by atoms with van der Waals surface area (Å²) in [5.41, 5.74) is 0. The third-order valence-electron chi connectivity index (χ3n) is 2.23. The maximum Gasteiger partial charge on any atom is 0.157 e. The molecule has 0 aromatic heterocycles. The number of ether oxygens (including phenoxy) is 2. The normalized spacial score (nSPS) is 12.9. The Labute approximate surface area is 111 Å². The molecule has 0 aliphatic carbocycles. The van der Waals surface area contributed by atoms with Gasteiger partial charge in [0.1, 0.15) is 6.79 Å².